The van der Waals surface area contributed by atoms with E-state index in [1.165, 1.54) is 0 Å². The number of ether oxygens (including phenoxy) is 1. The minimum absolute atomic E-state index is 0.107. The lowest BCUT2D eigenvalue weighted by Crippen LogP contribution is -2.04. The van der Waals surface area contributed by atoms with Gasteiger partial charge in [-0.25, -0.2) is 9.97 Å². The minimum Gasteiger partial charge on any atom is -0.488 e. The molecule has 0 spiro atoms. The first-order valence-electron chi connectivity index (χ1n) is 9.73. The Morgan fingerprint density at radius 3 is 2.45 bits per heavy atom. The van der Waals surface area contributed by atoms with Crippen molar-refractivity contribution >= 4 is 23.3 Å². The lowest BCUT2D eigenvalue weighted by atomic mass is 9.98. The summed E-state index contributed by atoms with van der Waals surface area (Å²) in [5.74, 6) is 0.995. The van der Waals surface area contributed by atoms with Crippen LogP contribution in [0.5, 0.6) is 5.75 Å². The van der Waals surface area contributed by atoms with E-state index in [9.17, 15) is 4.79 Å². The molecule has 3 aromatic carbocycles. The van der Waals surface area contributed by atoms with E-state index in [1.54, 1.807) is 42.6 Å². The maximum atomic E-state index is 13.1. The first kappa shape index (κ1) is 20.6. The van der Waals surface area contributed by atoms with Crippen LogP contribution in [0.3, 0.4) is 0 Å². The molecule has 0 aliphatic carbocycles. The van der Waals surface area contributed by atoms with E-state index in [1.807, 2.05) is 42.5 Å². The lowest BCUT2D eigenvalue weighted by molar-refractivity contribution is 0.103. The maximum absolute atomic E-state index is 13.1. The van der Waals surface area contributed by atoms with Crippen LogP contribution in [0.15, 0.2) is 85.1 Å². The fraction of sp³-hybridized carbons (Fsp3) is 0.0800. The Balaban J connectivity index is 1.71. The number of hydrogen-bond acceptors (Lipinski definition) is 5. The summed E-state index contributed by atoms with van der Waals surface area (Å²) < 4.78 is 6.06. The Kier molecular flexibility index (Phi) is 6.24. The van der Waals surface area contributed by atoms with Gasteiger partial charge in [0.2, 0.25) is 5.95 Å². The molecule has 0 aliphatic heterocycles. The van der Waals surface area contributed by atoms with Crippen molar-refractivity contribution in [3.63, 3.8) is 0 Å². The van der Waals surface area contributed by atoms with Crippen LogP contribution in [0.1, 0.15) is 27.0 Å². The summed E-state index contributed by atoms with van der Waals surface area (Å²) in [5.41, 5.74) is 10.1. The van der Waals surface area contributed by atoms with Gasteiger partial charge in [-0.1, -0.05) is 48.5 Å². The summed E-state index contributed by atoms with van der Waals surface area (Å²) in [6.45, 7) is 0.388. The van der Waals surface area contributed by atoms with E-state index in [0.29, 0.717) is 40.6 Å². The number of benzene rings is 3. The molecule has 154 valence electrons. The van der Waals surface area contributed by atoms with Crippen LogP contribution in [-0.2, 0) is 12.5 Å². The summed E-state index contributed by atoms with van der Waals surface area (Å²) in [6, 6.07) is 24.2. The van der Waals surface area contributed by atoms with E-state index < -0.39 is 0 Å². The van der Waals surface area contributed by atoms with Gasteiger partial charge in [-0.05, 0) is 41.5 Å². The number of aromatic nitrogens is 2. The largest absolute Gasteiger partial charge is 0.488 e. The molecule has 0 bridgehead atoms. The van der Waals surface area contributed by atoms with Crippen molar-refractivity contribution in [1.29, 1.82) is 0 Å². The summed E-state index contributed by atoms with van der Waals surface area (Å²) in [7, 11) is 0. The van der Waals surface area contributed by atoms with Crippen molar-refractivity contribution in [1.82, 2.24) is 9.97 Å². The predicted octanol–water partition coefficient (Wildman–Crippen LogP) is 5.27. The zero-order valence-corrected chi connectivity index (χ0v) is 17.4. The second-order valence-corrected chi connectivity index (χ2v) is 7.22. The van der Waals surface area contributed by atoms with Gasteiger partial charge in [0.05, 0.1) is 5.69 Å². The number of halogens is 1. The van der Waals surface area contributed by atoms with Gasteiger partial charge in [-0.15, -0.1) is 11.6 Å². The number of ketones is 1. The van der Waals surface area contributed by atoms with Crippen molar-refractivity contribution in [3.05, 3.63) is 107 Å². The number of nitrogen functional groups attached to an aromatic ring is 1. The van der Waals surface area contributed by atoms with Gasteiger partial charge in [-0.3, -0.25) is 4.79 Å². The number of nitrogens with zero attached hydrogens (tertiary/aromatic N) is 2. The van der Waals surface area contributed by atoms with Crippen molar-refractivity contribution in [2.45, 2.75) is 12.5 Å². The van der Waals surface area contributed by atoms with Crippen LogP contribution >= 0.6 is 11.6 Å². The smallest absolute Gasteiger partial charge is 0.220 e. The van der Waals surface area contributed by atoms with Crippen LogP contribution in [0.25, 0.3) is 11.3 Å². The highest BCUT2D eigenvalue weighted by molar-refractivity contribution is 6.17. The molecule has 2 N–H and O–H groups in total. The molecule has 0 saturated heterocycles. The molecule has 0 fully saturated rings. The molecule has 31 heavy (non-hydrogen) atoms. The Labute approximate surface area is 185 Å². The van der Waals surface area contributed by atoms with Gasteiger partial charge in [0.25, 0.3) is 0 Å². The molecule has 0 amide bonds. The highest BCUT2D eigenvalue weighted by Gasteiger charge is 2.16. The molecule has 6 heteroatoms. The monoisotopic (exact) mass is 429 g/mol. The van der Waals surface area contributed by atoms with Crippen LogP contribution < -0.4 is 10.5 Å². The number of nitrogens with two attached hydrogens (primary N) is 1. The zero-order valence-electron chi connectivity index (χ0n) is 16.7. The maximum Gasteiger partial charge on any atom is 0.220 e. The van der Waals surface area contributed by atoms with Crippen LogP contribution in [0, 0.1) is 0 Å². The number of anilines is 1. The third-order valence-electron chi connectivity index (χ3n) is 4.77. The number of carbonyl (C=O) groups is 1. The fourth-order valence-corrected chi connectivity index (χ4v) is 3.38. The molecule has 0 aliphatic rings. The van der Waals surface area contributed by atoms with Crippen molar-refractivity contribution in [2.24, 2.45) is 0 Å². The van der Waals surface area contributed by atoms with Gasteiger partial charge in [0.1, 0.15) is 12.4 Å². The summed E-state index contributed by atoms with van der Waals surface area (Å²) in [6.07, 6.45) is 1.58. The Morgan fingerprint density at radius 1 is 0.903 bits per heavy atom. The molecule has 4 aromatic rings. The average molecular weight is 430 g/mol. The van der Waals surface area contributed by atoms with Crippen molar-refractivity contribution < 1.29 is 9.53 Å². The van der Waals surface area contributed by atoms with Crippen LogP contribution in [-0.4, -0.2) is 15.8 Å². The first-order chi connectivity index (χ1) is 15.1. The van der Waals surface area contributed by atoms with E-state index in [4.69, 9.17) is 22.1 Å². The third-order valence-corrected chi connectivity index (χ3v) is 5.08. The van der Waals surface area contributed by atoms with Crippen LogP contribution in [0.4, 0.5) is 5.95 Å². The van der Waals surface area contributed by atoms with E-state index in [2.05, 4.69) is 9.97 Å². The number of alkyl halides is 1. The van der Waals surface area contributed by atoms with E-state index >= 15 is 0 Å². The first-order valence-corrected chi connectivity index (χ1v) is 10.3. The normalized spacial score (nSPS) is 10.6. The molecular formula is C25H20ClN3O2. The number of carbonyl (C=O) groups excluding carboxylic acids is 1. The van der Waals surface area contributed by atoms with Gasteiger partial charge < -0.3 is 10.5 Å². The second kappa shape index (κ2) is 9.41. The molecule has 0 atom stereocenters. The lowest BCUT2D eigenvalue weighted by Gasteiger charge is -2.13. The molecule has 1 heterocycles. The molecular weight excluding hydrogens is 410 g/mol. The molecule has 4 rings (SSSR count). The topological polar surface area (TPSA) is 78.1 Å². The molecule has 0 radical (unpaired) electrons. The molecule has 5 nitrogen and oxygen atoms in total. The Morgan fingerprint density at radius 2 is 1.68 bits per heavy atom. The van der Waals surface area contributed by atoms with E-state index in [0.717, 1.165) is 11.1 Å². The summed E-state index contributed by atoms with van der Waals surface area (Å²) in [4.78, 5) is 21.4. The Hall–Kier alpha value is -3.70. The quantitative estimate of drug-likeness (QED) is 0.319. The van der Waals surface area contributed by atoms with Crippen LogP contribution in [0.2, 0.25) is 0 Å². The number of rotatable bonds is 7. The summed E-state index contributed by atoms with van der Waals surface area (Å²) >= 11 is 5.92. The van der Waals surface area contributed by atoms with Crippen molar-refractivity contribution in [2.75, 3.05) is 5.73 Å². The highest BCUT2D eigenvalue weighted by Crippen LogP contribution is 2.31. The van der Waals surface area contributed by atoms with Gasteiger partial charge >= 0.3 is 0 Å². The fourth-order valence-electron chi connectivity index (χ4n) is 3.22. The minimum atomic E-state index is -0.107. The van der Waals surface area contributed by atoms with E-state index in [-0.39, 0.29) is 11.7 Å². The van der Waals surface area contributed by atoms with Gasteiger partial charge in [0, 0.05) is 28.8 Å². The number of hydrogen-bond donors (Lipinski definition) is 1. The average Bonchev–Trinajstić information content (AvgIpc) is 2.83. The third kappa shape index (κ3) is 4.90. The predicted molar refractivity (Wildman–Crippen MR) is 122 cm³/mol. The zero-order chi connectivity index (χ0) is 21.6. The van der Waals surface area contributed by atoms with Crippen molar-refractivity contribution in [3.8, 4) is 17.0 Å². The SMILES string of the molecule is Nc1nccc(-c2cc(C(=O)c3cccc(CCl)c3)ccc2OCc2ccccc2)n1. The molecule has 1 aromatic heterocycles. The summed E-state index contributed by atoms with van der Waals surface area (Å²) in [5, 5.41) is 0. The second-order valence-electron chi connectivity index (χ2n) is 6.95. The standard InChI is InChI=1S/C25H20ClN3O2/c26-15-18-7-4-8-19(13-18)24(30)20-9-10-23(31-16-17-5-2-1-3-6-17)21(14-20)22-11-12-28-25(27)29-22/h1-14H,15-16H2,(H2,27,28,29). The molecule has 0 unspecified atom stereocenters. The highest BCUT2D eigenvalue weighted by atomic mass is 35.5. The Bertz CT molecular complexity index is 1210. The molecule has 0 saturated carbocycles. The van der Waals surface area contributed by atoms with Gasteiger partial charge in [0.15, 0.2) is 5.78 Å². The van der Waals surface area contributed by atoms with Gasteiger partial charge in [-0.2, -0.15) is 0 Å².